The summed E-state index contributed by atoms with van der Waals surface area (Å²) < 4.78 is 20.6. The summed E-state index contributed by atoms with van der Waals surface area (Å²) >= 11 is 0. The first-order valence-corrected chi connectivity index (χ1v) is 10.7. The molecule has 1 fully saturated rings. The Hall–Kier alpha value is -4.00. The van der Waals surface area contributed by atoms with Gasteiger partial charge in [0.25, 0.3) is 11.7 Å². The number of likely N-dealkylation sites (tertiary alicyclic amines) is 1. The smallest absolute Gasteiger partial charge is 0.295 e. The molecule has 0 saturated carbocycles. The van der Waals surface area contributed by atoms with Gasteiger partial charge in [-0.15, -0.1) is 0 Å². The van der Waals surface area contributed by atoms with Crippen molar-refractivity contribution in [2.75, 3.05) is 0 Å². The first-order valence-electron chi connectivity index (χ1n) is 10.7. The van der Waals surface area contributed by atoms with E-state index in [-0.39, 0.29) is 29.5 Å². The third kappa shape index (κ3) is 3.65. The lowest BCUT2D eigenvalue weighted by Gasteiger charge is -2.25. The molecule has 3 heterocycles. The Morgan fingerprint density at radius 3 is 2.76 bits per heavy atom. The quantitative estimate of drug-likeness (QED) is 0.371. The summed E-state index contributed by atoms with van der Waals surface area (Å²) in [6.45, 7) is 1.99. The number of aliphatic hydroxyl groups is 1. The van der Waals surface area contributed by atoms with Gasteiger partial charge in [0.15, 0.2) is 0 Å². The predicted molar refractivity (Wildman–Crippen MR) is 119 cm³/mol. The van der Waals surface area contributed by atoms with Crippen LogP contribution in [0.2, 0.25) is 0 Å². The average molecular weight is 444 g/mol. The molecule has 0 radical (unpaired) electrons. The number of rotatable bonds is 4. The SMILES string of the molecule is C[C@@H]1Cc2cc(/C(O)=C3\C(=O)C(=O)N(Cc4cccnc4)[C@@H]3c3ccccc3F)ccc2O1. The molecule has 2 aliphatic heterocycles. The van der Waals surface area contributed by atoms with E-state index < -0.39 is 23.5 Å². The van der Waals surface area contributed by atoms with Gasteiger partial charge in [-0.2, -0.15) is 0 Å². The van der Waals surface area contributed by atoms with Gasteiger partial charge >= 0.3 is 0 Å². The monoisotopic (exact) mass is 444 g/mol. The van der Waals surface area contributed by atoms with Gasteiger partial charge in [0.2, 0.25) is 0 Å². The number of benzene rings is 2. The van der Waals surface area contributed by atoms with Crippen molar-refractivity contribution in [3.8, 4) is 5.75 Å². The van der Waals surface area contributed by atoms with Gasteiger partial charge in [0, 0.05) is 36.5 Å². The molecule has 5 rings (SSSR count). The minimum absolute atomic E-state index is 0.0147. The molecule has 166 valence electrons. The van der Waals surface area contributed by atoms with E-state index in [2.05, 4.69) is 4.98 Å². The third-order valence-corrected chi connectivity index (χ3v) is 5.98. The van der Waals surface area contributed by atoms with Gasteiger partial charge in [0.1, 0.15) is 23.4 Å². The fourth-order valence-electron chi connectivity index (χ4n) is 4.48. The maximum Gasteiger partial charge on any atom is 0.295 e. The van der Waals surface area contributed by atoms with Crippen molar-refractivity contribution >= 4 is 17.4 Å². The molecule has 6 nitrogen and oxygen atoms in total. The van der Waals surface area contributed by atoms with E-state index >= 15 is 0 Å². The predicted octanol–water partition coefficient (Wildman–Crippen LogP) is 4.17. The Morgan fingerprint density at radius 1 is 1.18 bits per heavy atom. The fraction of sp³-hybridized carbons (Fsp3) is 0.192. The largest absolute Gasteiger partial charge is 0.507 e. The van der Waals surface area contributed by atoms with Gasteiger partial charge < -0.3 is 14.7 Å². The highest BCUT2D eigenvalue weighted by Crippen LogP contribution is 2.42. The minimum atomic E-state index is -1.07. The van der Waals surface area contributed by atoms with Crippen LogP contribution in [0.15, 0.2) is 72.6 Å². The van der Waals surface area contributed by atoms with Gasteiger partial charge in [-0.1, -0.05) is 24.3 Å². The van der Waals surface area contributed by atoms with Crippen LogP contribution in [0.4, 0.5) is 4.39 Å². The lowest BCUT2D eigenvalue weighted by atomic mass is 9.94. The van der Waals surface area contributed by atoms with Gasteiger partial charge in [-0.3, -0.25) is 14.6 Å². The Labute approximate surface area is 190 Å². The second-order valence-corrected chi connectivity index (χ2v) is 8.26. The molecule has 1 saturated heterocycles. The zero-order valence-electron chi connectivity index (χ0n) is 17.9. The maximum absolute atomic E-state index is 14.9. The topological polar surface area (TPSA) is 79.7 Å². The minimum Gasteiger partial charge on any atom is -0.507 e. The van der Waals surface area contributed by atoms with Crippen molar-refractivity contribution in [2.45, 2.75) is 32.0 Å². The molecule has 33 heavy (non-hydrogen) atoms. The molecule has 1 N–H and O–H groups in total. The van der Waals surface area contributed by atoms with E-state index in [9.17, 15) is 19.1 Å². The van der Waals surface area contributed by atoms with Crippen molar-refractivity contribution in [2.24, 2.45) is 0 Å². The number of hydrogen-bond acceptors (Lipinski definition) is 5. The number of hydrogen-bond donors (Lipinski definition) is 1. The highest BCUT2D eigenvalue weighted by atomic mass is 19.1. The van der Waals surface area contributed by atoms with Crippen molar-refractivity contribution in [1.82, 2.24) is 9.88 Å². The molecule has 1 amide bonds. The number of fused-ring (bicyclic) bond motifs is 1. The van der Waals surface area contributed by atoms with Crippen LogP contribution < -0.4 is 4.74 Å². The van der Waals surface area contributed by atoms with Crippen molar-refractivity contribution < 1.29 is 23.8 Å². The standard InChI is InChI=1S/C26H21FN2O4/c1-15-11-18-12-17(8-9-21(18)33-15)24(30)22-23(19-6-2-3-7-20(19)27)29(26(32)25(22)31)14-16-5-4-10-28-13-16/h2-10,12-13,15,23,30H,11,14H2,1H3/b24-22+/t15-,23-/m1/s1. The summed E-state index contributed by atoms with van der Waals surface area (Å²) in [6.07, 6.45) is 3.87. The third-order valence-electron chi connectivity index (χ3n) is 5.98. The lowest BCUT2D eigenvalue weighted by molar-refractivity contribution is -0.140. The van der Waals surface area contributed by atoms with E-state index in [0.29, 0.717) is 17.5 Å². The number of aromatic nitrogens is 1. The summed E-state index contributed by atoms with van der Waals surface area (Å²) in [5.74, 6) is -1.83. The van der Waals surface area contributed by atoms with Crippen molar-refractivity contribution in [3.05, 3.63) is 101 Å². The molecular weight excluding hydrogens is 423 g/mol. The van der Waals surface area contributed by atoms with Crippen LogP contribution in [-0.4, -0.2) is 32.8 Å². The number of ether oxygens (including phenoxy) is 1. The molecule has 1 aromatic heterocycles. The highest BCUT2D eigenvalue weighted by molar-refractivity contribution is 6.46. The Morgan fingerprint density at radius 2 is 2.00 bits per heavy atom. The summed E-state index contributed by atoms with van der Waals surface area (Å²) in [6, 6.07) is 13.5. The van der Waals surface area contributed by atoms with E-state index in [1.165, 1.54) is 23.1 Å². The molecule has 7 heteroatoms. The summed E-state index contributed by atoms with van der Waals surface area (Å²) in [5, 5.41) is 11.2. The molecule has 0 aliphatic carbocycles. The second-order valence-electron chi connectivity index (χ2n) is 8.26. The maximum atomic E-state index is 14.9. The summed E-state index contributed by atoms with van der Waals surface area (Å²) in [5.41, 5.74) is 1.97. The highest BCUT2D eigenvalue weighted by Gasteiger charge is 2.47. The van der Waals surface area contributed by atoms with Gasteiger partial charge in [-0.05, 0) is 48.4 Å². The number of halogens is 1. The summed E-state index contributed by atoms with van der Waals surface area (Å²) in [7, 11) is 0. The van der Waals surface area contributed by atoms with Crippen LogP contribution in [-0.2, 0) is 22.6 Å². The molecular formula is C26H21FN2O4. The second kappa shape index (κ2) is 8.16. The number of pyridine rings is 1. The van der Waals surface area contributed by atoms with Crippen LogP contribution in [0.5, 0.6) is 5.75 Å². The Bertz CT molecular complexity index is 1290. The van der Waals surface area contributed by atoms with Crippen LogP contribution >= 0.6 is 0 Å². The van der Waals surface area contributed by atoms with Crippen molar-refractivity contribution in [3.63, 3.8) is 0 Å². The molecule has 2 aliphatic rings. The summed E-state index contributed by atoms with van der Waals surface area (Å²) in [4.78, 5) is 31.5. The number of carbonyl (C=O) groups is 2. The van der Waals surface area contributed by atoms with E-state index in [1.807, 2.05) is 6.92 Å². The molecule has 2 atom stereocenters. The Balaban J connectivity index is 1.65. The van der Waals surface area contributed by atoms with Gasteiger partial charge in [0.05, 0.1) is 11.6 Å². The number of nitrogens with zero attached hydrogens (tertiary/aromatic N) is 2. The van der Waals surface area contributed by atoms with Crippen LogP contribution in [0.1, 0.15) is 35.2 Å². The van der Waals surface area contributed by atoms with E-state index in [1.54, 1.807) is 48.8 Å². The molecule has 0 unspecified atom stereocenters. The zero-order chi connectivity index (χ0) is 23.1. The number of Topliss-reactive ketones (excluding diaryl/α,β-unsaturated/α-hetero) is 1. The van der Waals surface area contributed by atoms with Crippen LogP contribution in [0.3, 0.4) is 0 Å². The normalized spacial score (nSPS) is 21.2. The zero-order valence-corrected chi connectivity index (χ0v) is 17.9. The molecule has 3 aromatic rings. The van der Waals surface area contributed by atoms with Crippen LogP contribution in [0.25, 0.3) is 5.76 Å². The number of ketones is 1. The van der Waals surface area contributed by atoms with Crippen LogP contribution in [0, 0.1) is 5.82 Å². The van der Waals surface area contributed by atoms with Crippen molar-refractivity contribution in [1.29, 1.82) is 0 Å². The fourth-order valence-corrected chi connectivity index (χ4v) is 4.48. The number of carbonyl (C=O) groups excluding carboxylic acids is 2. The molecule has 0 spiro atoms. The molecule has 2 aromatic carbocycles. The number of amides is 1. The van der Waals surface area contributed by atoms with E-state index in [0.717, 1.165) is 11.3 Å². The first kappa shape index (κ1) is 20.9. The first-order chi connectivity index (χ1) is 15.9. The Kier molecular flexibility index (Phi) is 5.17. The molecule has 0 bridgehead atoms. The number of aliphatic hydroxyl groups excluding tert-OH is 1. The van der Waals surface area contributed by atoms with E-state index in [4.69, 9.17) is 4.74 Å². The van der Waals surface area contributed by atoms with Gasteiger partial charge in [-0.25, -0.2) is 4.39 Å². The average Bonchev–Trinajstić information content (AvgIpc) is 3.31. The lowest BCUT2D eigenvalue weighted by Crippen LogP contribution is -2.29.